The molecule has 0 heterocycles. The molecule has 42 heavy (non-hydrogen) atoms. The molecule has 0 bridgehead atoms. The van der Waals surface area contributed by atoms with Gasteiger partial charge >= 0.3 is 0 Å². The maximum atomic E-state index is 13.2. The molecule has 0 aliphatic heterocycles. The summed E-state index contributed by atoms with van der Waals surface area (Å²) in [6.07, 6.45) is 4.56. The molecule has 0 aromatic heterocycles. The standard InChI is InChI=1S/C33H27N3O6/c1-2-42-31-11-7-6-8-25(31)16-21-30(37)24-14-17-27(18-15-24)34-33(39)29(35-32(38)26-9-4-3-5-10-26)22-23-12-19-28(20-13-23)36(40)41/h3-22H,2H2,1H3,(H,34,39)(H,35,38)/b21-16+,29-22-. The number of nitrogens with one attached hydrogen (secondary N) is 2. The van der Waals surface area contributed by atoms with Gasteiger partial charge in [0.1, 0.15) is 11.4 Å². The summed E-state index contributed by atoms with van der Waals surface area (Å²) in [7, 11) is 0. The number of carbonyl (C=O) groups excluding carboxylic acids is 3. The molecule has 4 aromatic carbocycles. The number of ketones is 1. The Morgan fingerprint density at radius 1 is 0.833 bits per heavy atom. The van der Waals surface area contributed by atoms with Crippen molar-refractivity contribution in [2.75, 3.05) is 11.9 Å². The maximum Gasteiger partial charge on any atom is 0.272 e. The van der Waals surface area contributed by atoms with Crippen molar-refractivity contribution in [3.05, 3.63) is 147 Å². The van der Waals surface area contributed by atoms with Crippen molar-refractivity contribution < 1.29 is 24.0 Å². The Labute approximate surface area is 242 Å². The van der Waals surface area contributed by atoms with Crippen molar-refractivity contribution in [3.8, 4) is 5.75 Å². The number of anilines is 1. The first-order chi connectivity index (χ1) is 20.3. The predicted molar refractivity (Wildman–Crippen MR) is 161 cm³/mol. The molecule has 9 nitrogen and oxygen atoms in total. The summed E-state index contributed by atoms with van der Waals surface area (Å²) in [4.78, 5) is 49.3. The molecule has 0 atom stereocenters. The lowest BCUT2D eigenvalue weighted by molar-refractivity contribution is -0.384. The van der Waals surface area contributed by atoms with E-state index in [4.69, 9.17) is 4.74 Å². The summed E-state index contributed by atoms with van der Waals surface area (Å²) in [5.41, 5.74) is 2.23. The molecule has 2 N–H and O–H groups in total. The molecule has 0 aliphatic carbocycles. The van der Waals surface area contributed by atoms with Crippen LogP contribution in [0.3, 0.4) is 0 Å². The molecule has 0 saturated heterocycles. The van der Waals surface area contributed by atoms with E-state index < -0.39 is 16.7 Å². The molecule has 210 valence electrons. The third-order valence-corrected chi connectivity index (χ3v) is 6.00. The normalized spacial score (nSPS) is 11.1. The Hall–Kier alpha value is -5.83. The lowest BCUT2D eigenvalue weighted by atomic mass is 10.1. The van der Waals surface area contributed by atoms with Crippen molar-refractivity contribution in [2.24, 2.45) is 0 Å². The first-order valence-corrected chi connectivity index (χ1v) is 13.0. The number of ether oxygens (including phenoxy) is 1. The number of rotatable bonds is 11. The molecule has 9 heteroatoms. The number of carbonyl (C=O) groups is 3. The van der Waals surface area contributed by atoms with Gasteiger partial charge in [-0.2, -0.15) is 0 Å². The van der Waals surface area contributed by atoms with Gasteiger partial charge in [-0.15, -0.1) is 0 Å². The Kier molecular flexibility index (Phi) is 9.72. The molecule has 0 fully saturated rings. The average Bonchev–Trinajstić information content (AvgIpc) is 3.01. The van der Waals surface area contributed by atoms with E-state index in [2.05, 4.69) is 10.6 Å². The summed E-state index contributed by atoms with van der Waals surface area (Å²) >= 11 is 0. The van der Waals surface area contributed by atoms with Gasteiger partial charge in [-0.3, -0.25) is 24.5 Å². The fraction of sp³-hybridized carbons (Fsp3) is 0.0606. The highest BCUT2D eigenvalue weighted by Crippen LogP contribution is 2.20. The predicted octanol–water partition coefficient (Wildman–Crippen LogP) is 6.30. The number of para-hydroxylation sites is 1. The van der Waals surface area contributed by atoms with Gasteiger partial charge in [-0.05, 0) is 85.3 Å². The molecular weight excluding hydrogens is 534 g/mol. The second kappa shape index (κ2) is 14.0. The molecule has 0 unspecified atom stereocenters. The number of amides is 2. The fourth-order valence-electron chi connectivity index (χ4n) is 3.88. The minimum Gasteiger partial charge on any atom is -0.493 e. The largest absolute Gasteiger partial charge is 0.493 e. The van der Waals surface area contributed by atoms with Gasteiger partial charge in [-0.1, -0.05) is 36.4 Å². The van der Waals surface area contributed by atoms with Crippen LogP contribution in [0.2, 0.25) is 0 Å². The van der Waals surface area contributed by atoms with Gasteiger partial charge in [0, 0.05) is 34.5 Å². The molecule has 4 rings (SSSR count). The Morgan fingerprint density at radius 3 is 2.17 bits per heavy atom. The smallest absolute Gasteiger partial charge is 0.272 e. The van der Waals surface area contributed by atoms with Gasteiger partial charge in [0.15, 0.2) is 5.78 Å². The Morgan fingerprint density at radius 2 is 1.50 bits per heavy atom. The lowest BCUT2D eigenvalue weighted by Crippen LogP contribution is -2.30. The molecule has 0 radical (unpaired) electrons. The number of nitro benzene ring substituents is 1. The zero-order valence-electron chi connectivity index (χ0n) is 22.7. The summed E-state index contributed by atoms with van der Waals surface area (Å²) in [5, 5.41) is 16.3. The molecule has 2 amide bonds. The molecule has 0 aliphatic rings. The number of non-ortho nitro benzene ring substituents is 1. The average molecular weight is 562 g/mol. The molecule has 0 saturated carbocycles. The van der Waals surface area contributed by atoms with E-state index in [1.165, 1.54) is 36.4 Å². The van der Waals surface area contributed by atoms with E-state index in [1.54, 1.807) is 60.7 Å². The van der Waals surface area contributed by atoms with Crippen LogP contribution in [0, 0.1) is 10.1 Å². The van der Waals surface area contributed by atoms with E-state index in [1.807, 2.05) is 31.2 Å². The highest BCUT2D eigenvalue weighted by molar-refractivity contribution is 6.11. The van der Waals surface area contributed by atoms with Crippen molar-refractivity contribution in [1.82, 2.24) is 5.32 Å². The highest BCUT2D eigenvalue weighted by atomic mass is 16.6. The van der Waals surface area contributed by atoms with E-state index in [9.17, 15) is 24.5 Å². The van der Waals surface area contributed by atoms with Crippen molar-refractivity contribution in [3.63, 3.8) is 0 Å². The summed E-state index contributed by atoms with van der Waals surface area (Å²) in [5.74, 6) is -0.672. The van der Waals surface area contributed by atoms with Crippen LogP contribution in [0.4, 0.5) is 11.4 Å². The van der Waals surface area contributed by atoms with Gasteiger partial charge in [0.25, 0.3) is 17.5 Å². The lowest BCUT2D eigenvalue weighted by Gasteiger charge is -2.12. The Bertz CT molecular complexity index is 1640. The number of nitrogens with zero attached hydrogens (tertiary/aromatic N) is 1. The van der Waals surface area contributed by atoms with Gasteiger partial charge in [0.2, 0.25) is 0 Å². The third kappa shape index (κ3) is 7.86. The number of allylic oxidation sites excluding steroid dienone is 1. The third-order valence-electron chi connectivity index (χ3n) is 6.00. The zero-order valence-corrected chi connectivity index (χ0v) is 22.7. The van der Waals surface area contributed by atoms with Crippen LogP contribution >= 0.6 is 0 Å². The zero-order chi connectivity index (χ0) is 29.9. The van der Waals surface area contributed by atoms with Crippen LogP contribution in [-0.4, -0.2) is 29.1 Å². The SMILES string of the molecule is CCOc1ccccc1/C=C/C(=O)c1ccc(NC(=O)/C(=C/c2ccc([N+](=O)[O-])cc2)NC(=O)c2ccccc2)cc1. The second-order valence-electron chi connectivity index (χ2n) is 8.93. The van der Waals surface area contributed by atoms with Gasteiger partial charge in [-0.25, -0.2) is 0 Å². The highest BCUT2D eigenvalue weighted by Gasteiger charge is 2.16. The topological polar surface area (TPSA) is 128 Å². The summed E-state index contributed by atoms with van der Waals surface area (Å²) in [6.45, 7) is 2.39. The van der Waals surface area contributed by atoms with Crippen molar-refractivity contribution >= 4 is 41.1 Å². The van der Waals surface area contributed by atoms with Crippen molar-refractivity contribution in [1.29, 1.82) is 0 Å². The maximum absolute atomic E-state index is 13.2. The molecular formula is C33H27N3O6. The van der Waals surface area contributed by atoms with E-state index >= 15 is 0 Å². The minimum absolute atomic E-state index is 0.0752. The van der Waals surface area contributed by atoms with Crippen LogP contribution in [0.25, 0.3) is 12.2 Å². The summed E-state index contributed by atoms with van der Waals surface area (Å²) < 4.78 is 5.59. The number of hydrogen-bond donors (Lipinski definition) is 2. The molecule has 4 aromatic rings. The fourth-order valence-corrected chi connectivity index (χ4v) is 3.88. The minimum atomic E-state index is -0.621. The van der Waals surface area contributed by atoms with E-state index in [0.717, 1.165) is 5.56 Å². The second-order valence-corrected chi connectivity index (χ2v) is 8.93. The molecule has 0 spiro atoms. The van der Waals surface area contributed by atoms with Crippen molar-refractivity contribution in [2.45, 2.75) is 6.92 Å². The van der Waals surface area contributed by atoms with Gasteiger partial charge < -0.3 is 15.4 Å². The Balaban J connectivity index is 1.50. The first-order valence-electron chi connectivity index (χ1n) is 13.0. The van der Waals surface area contributed by atoms with Crippen LogP contribution in [0.1, 0.15) is 38.8 Å². The van der Waals surface area contributed by atoms with Crippen LogP contribution < -0.4 is 15.4 Å². The number of benzene rings is 4. The van der Waals surface area contributed by atoms with Gasteiger partial charge in [0.05, 0.1) is 11.5 Å². The number of hydrogen-bond acceptors (Lipinski definition) is 6. The van der Waals surface area contributed by atoms with Crippen LogP contribution in [-0.2, 0) is 4.79 Å². The van der Waals surface area contributed by atoms with E-state index in [-0.39, 0.29) is 17.2 Å². The summed E-state index contributed by atoms with van der Waals surface area (Å²) in [6, 6.07) is 27.7. The monoisotopic (exact) mass is 561 g/mol. The first kappa shape index (κ1) is 29.2. The quantitative estimate of drug-likeness (QED) is 0.0958. The van der Waals surface area contributed by atoms with Crippen LogP contribution in [0.5, 0.6) is 5.75 Å². The van der Waals surface area contributed by atoms with Crippen LogP contribution in [0.15, 0.2) is 115 Å². The van der Waals surface area contributed by atoms with E-state index in [0.29, 0.717) is 34.7 Å². The number of nitro groups is 1.